The average molecular weight is 453 g/mol. The Balaban J connectivity index is 1.94. The molecule has 1 atom stereocenters. The molecular formula is C20H18Cl2N2O4S. The summed E-state index contributed by atoms with van der Waals surface area (Å²) in [5.41, 5.74) is 0.936. The van der Waals surface area contributed by atoms with Gasteiger partial charge in [-0.15, -0.1) is 11.8 Å². The highest BCUT2D eigenvalue weighted by molar-refractivity contribution is 8.00. The molecule has 2 aromatic rings. The molecule has 2 aromatic carbocycles. The van der Waals surface area contributed by atoms with Crippen molar-refractivity contribution in [2.24, 2.45) is 0 Å². The standard InChI is InChI=1S/C20H18Cl2N2O4S/c1-11(20(27)28)9-18(25)23-14-4-6-15(7-5-14)29-12(2)19(26)24-17-8-3-13(21)10-16(17)22/h3-10,12H,1-2H3,(H,23,25)(H,24,26)(H,27,28)/b11-9+/t12-/m0/s1. The number of hydrogen-bond acceptors (Lipinski definition) is 4. The molecular weight excluding hydrogens is 435 g/mol. The second-order valence-corrected chi connectivity index (χ2v) is 8.28. The molecule has 0 aliphatic rings. The normalized spacial score (nSPS) is 12.2. The quantitative estimate of drug-likeness (QED) is 0.401. The Morgan fingerprint density at radius 1 is 1.07 bits per heavy atom. The molecule has 0 fully saturated rings. The molecule has 0 bridgehead atoms. The molecule has 9 heteroatoms. The number of halogens is 2. The predicted octanol–water partition coefficient (Wildman–Crippen LogP) is 5.08. The molecule has 0 aromatic heterocycles. The van der Waals surface area contributed by atoms with E-state index in [-0.39, 0.29) is 11.5 Å². The van der Waals surface area contributed by atoms with Gasteiger partial charge in [0.15, 0.2) is 0 Å². The van der Waals surface area contributed by atoms with Crippen LogP contribution in [0.3, 0.4) is 0 Å². The monoisotopic (exact) mass is 452 g/mol. The summed E-state index contributed by atoms with van der Waals surface area (Å²) in [6, 6.07) is 11.7. The number of hydrogen-bond donors (Lipinski definition) is 3. The number of thioether (sulfide) groups is 1. The van der Waals surface area contributed by atoms with Crippen LogP contribution in [0.1, 0.15) is 13.8 Å². The maximum absolute atomic E-state index is 12.4. The lowest BCUT2D eigenvalue weighted by molar-refractivity contribution is -0.132. The van der Waals surface area contributed by atoms with Crippen molar-refractivity contribution in [1.29, 1.82) is 0 Å². The van der Waals surface area contributed by atoms with Gasteiger partial charge in [-0.1, -0.05) is 23.2 Å². The first kappa shape index (κ1) is 22.8. The van der Waals surface area contributed by atoms with Crippen molar-refractivity contribution in [3.8, 4) is 0 Å². The van der Waals surface area contributed by atoms with E-state index in [0.29, 0.717) is 21.4 Å². The number of benzene rings is 2. The van der Waals surface area contributed by atoms with Crippen LogP contribution in [0.2, 0.25) is 10.0 Å². The molecule has 0 aliphatic heterocycles. The van der Waals surface area contributed by atoms with E-state index >= 15 is 0 Å². The largest absolute Gasteiger partial charge is 0.478 e. The van der Waals surface area contributed by atoms with Gasteiger partial charge >= 0.3 is 5.97 Å². The zero-order valence-corrected chi connectivity index (χ0v) is 17.9. The van der Waals surface area contributed by atoms with Crippen molar-refractivity contribution in [3.63, 3.8) is 0 Å². The van der Waals surface area contributed by atoms with Crippen LogP contribution >= 0.6 is 35.0 Å². The number of carboxylic acids is 1. The average Bonchev–Trinajstić information content (AvgIpc) is 2.65. The summed E-state index contributed by atoms with van der Waals surface area (Å²) < 4.78 is 0. The van der Waals surface area contributed by atoms with Gasteiger partial charge < -0.3 is 15.7 Å². The van der Waals surface area contributed by atoms with E-state index in [4.69, 9.17) is 28.3 Å². The molecule has 2 rings (SSSR count). The van der Waals surface area contributed by atoms with Gasteiger partial charge in [0.1, 0.15) is 0 Å². The molecule has 6 nitrogen and oxygen atoms in total. The van der Waals surface area contributed by atoms with Crippen LogP contribution in [0.15, 0.2) is 59.0 Å². The summed E-state index contributed by atoms with van der Waals surface area (Å²) >= 11 is 13.3. The zero-order valence-electron chi connectivity index (χ0n) is 15.5. The fourth-order valence-corrected chi connectivity index (χ4v) is 3.46. The van der Waals surface area contributed by atoms with E-state index in [1.807, 2.05) is 0 Å². The Morgan fingerprint density at radius 2 is 1.72 bits per heavy atom. The van der Waals surface area contributed by atoms with Crippen LogP contribution in [0.4, 0.5) is 11.4 Å². The molecule has 29 heavy (non-hydrogen) atoms. The summed E-state index contributed by atoms with van der Waals surface area (Å²) in [7, 11) is 0. The highest BCUT2D eigenvalue weighted by Crippen LogP contribution is 2.28. The summed E-state index contributed by atoms with van der Waals surface area (Å²) in [6.07, 6.45) is 1.01. The summed E-state index contributed by atoms with van der Waals surface area (Å²) in [4.78, 5) is 35.7. The Kier molecular flexibility index (Phi) is 8.13. The lowest BCUT2D eigenvalue weighted by Gasteiger charge is -2.13. The molecule has 2 amide bonds. The number of carboxylic acid groups (broad SMARTS) is 1. The van der Waals surface area contributed by atoms with E-state index in [0.717, 1.165) is 11.0 Å². The minimum Gasteiger partial charge on any atom is -0.478 e. The third-order valence-electron chi connectivity index (χ3n) is 3.68. The maximum Gasteiger partial charge on any atom is 0.331 e. The number of amides is 2. The second kappa shape index (κ2) is 10.3. The van der Waals surface area contributed by atoms with E-state index in [9.17, 15) is 14.4 Å². The van der Waals surface area contributed by atoms with Crippen LogP contribution < -0.4 is 10.6 Å². The van der Waals surface area contributed by atoms with Crippen molar-refractivity contribution in [1.82, 2.24) is 0 Å². The van der Waals surface area contributed by atoms with Gasteiger partial charge in [-0.25, -0.2) is 4.79 Å². The second-order valence-electron chi connectivity index (χ2n) is 6.02. The number of nitrogens with one attached hydrogen (secondary N) is 2. The van der Waals surface area contributed by atoms with E-state index in [1.165, 1.54) is 18.7 Å². The number of aliphatic carboxylic acids is 1. The Bertz CT molecular complexity index is 961. The van der Waals surface area contributed by atoms with Crippen LogP contribution in [0.25, 0.3) is 0 Å². The number of rotatable bonds is 7. The highest BCUT2D eigenvalue weighted by Gasteiger charge is 2.16. The van der Waals surface area contributed by atoms with Crippen LogP contribution in [0, 0.1) is 0 Å². The van der Waals surface area contributed by atoms with Gasteiger partial charge in [0.2, 0.25) is 11.8 Å². The smallest absolute Gasteiger partial charge is 0.331 e. The minimum absolute atomic E-state index is 0.0599. The summed E-state index contributed by atoms with van der Waals surface area (Å²) in [6.45, 7) is 3.10. The fraction of sp³-hybridized carbons (Fsp3) is 0.150. The number of carbonyl (C=O) groups excluding carboxylic acids is 2. The Labute approximate surface area is 182 Å². The molecule has 0 unspecified atom stereocenters. The molecule has 0 saturated heterocycles. The zero-order chi connectivity index (χ0) is 21.6. The highest BCUT2D eigenvalue weighted by atomic mass is 35.5. The molecule has 0 spiro atoms. The number of anilines is 2. The lowest BCUT2D eigenvalue weighted by atomic mass is 10.2. The first-order valence-electron chi connectivity index (χ1n) is 8.41. The molecule has 0 radical (unpaired) electrons. The third kappa shape index (κ3) is 7.12. The predicted molar refractivity (Wildman–Crippen MR) is 117 cm³/mol. The molecule has 0 aliphatic carbocycles. The lowest BCUT2D eigenvalue weighted by Crippen LogP contribution is -2.22. The molecule has 152 valence electrons. The fourth-order valence-electron chi connectivity index (χ4n) is 2.14. The van der Waals surface area contributed by atoms with Crippen molar-refractivity contribution in [2.75, 3.05) is 10.6 Å². The van der Waals surface area contributed by atoms with E-state index in [1.54, 1.807) is 49.4 Å². The Hall–Kier alpha value is -2.48. The van der Waals surface area contributed by atoms with Crippen LogP contribution in [0.5, 0.6) is 0 Å². The van der Waals surface area contributed by atoms with Gasteiger partial charge in [-0.05, 0) is 56.3 Å². The van der Waals surface area contributed by atoms with Gasteiger partial charge in [0.25, 0.3) is 0 Å². The van der Waals surface area contributed by atoms with Gasteiger partial charge in [-0.2, -0.15) is 0 Å². The first-order valence-corrected chi connectivity index (χ1v) is 10.0. The van der Waals surface area contributed by atoms with E-state index < -0.39 is 17.1 Å². The van der Waals surface area contributed by atoms with Crippen molar-refractivity contribution < 1.29 is 19.5 Å². The van der Waals surface area contributed by atoms with Crippen molar-refractivity contribution in [2.45, 2.75) is 24.0 Å². The first-order chi connectivity index (χ1) is 13.7. The number of carbonyl (C=O) groups is 3. The van der Waals surface area contributed by atoms with Crippen molar-refractivity contribution >= 4 is 64.1 Å². The topological polar surface area (TPSA) is 95.5 Å². The van der Waals surface area contributed by atoms with E-state index in [2.05, 4.69) is 10.6 Å². The van der Waals surface area contributed by atoms with Gasteiger partial charge in [0, 0.05) is 27.3 Å². The van der Waals surface area contributed by atoms with Crippen LogP contribution in [-0.2, 0) is 14.4 Å². The molecule has 0 heterocycles. The third-order valence-corrected chi connectivity index (χ3v) is 5.34. The van der Waals surface area contributed by atoms with Gasteiger partial charge in [0.05, 0.1) is 16.0 Å². The summed E-state index contributed by atoms with van der Waals surface area (Å²) in [5.74, 6) is -1.90. The minimum atomic E-state index is -1.15. The molecule has 0 saturated carbocycles. The van der Waals surface area contributed by atoms with Gasteiger partial charge in [-0.3, -0.25) is 9.59 Å². The SMILES string of the molecule is C/C(=C\C(=O)Nc1ccc(S[C@@H](C)C(=O)Nc2ccc(Cl)cc2Cl)cc1)C(=O)O. The van der Waals surface area contributed by atoms with Crippen LogP contribution in [-0.4, -0.2) is 28.1 Å². The maximum atomic E-state index is 12.4. The molecule has 3 N–H and O–H groups in total. The Morgan fingerprint density at radius 3 is 2.31 bits per heavy atom. The van der Waals surface area contributed by atoms with Crippen molar-refractivity contribution in [3.05, 3.63) is 64.2 Å². The summed E-state index contributed by atoms with van der Waals surface area (Å²) in [5, 5.41) is 14.6.